The fourth-order valence-electron chi connectivity index (χ4n) is 6.74. The molecule has 5 rings (SSSR count). The highest BCUT2D eigenvalue weighted by atomic mass is 35.5. The maximum Gasteiger partial charge on any atom is 0.239 e. The number of nitrogens with zero attached hydrogens (tertiary/aromatic N) is 5. The largest absolute Gasteiger partial charge is 0.493 e. The first kappa shape index (κ1) is 32.4. The SMILES string of the molecule is CCOc1cccc(F)c1CN1CCN(C(=O)[C@H](N)C2CCN(CCc3cc(Cl)ccc3-c3c(C)nn(C)c3C)CC2)CC1. The molecular weight excluding hydrogens is 579 g/mol. The third kappa shape index (κ3) is 7.28. The number of piperidine rings is 1. The van der Waals surface area contributed by atoms with Gasteiger partial charge in [0.25, 0.3) is 0 Å². The average molecular weight is 625 g/mol. The highest BCUT2D eigenvalue weighted by Crippen LogP contribution is 2.32. The highest BCUT2D eigenvalue weighted by Gasteiger charge is 2.33. The van der Waals surface area contributed by atoms with Crippen molar-refractivity contribution < 1.29 is 13.9 Å². The normalized spacial score (nSPS) is 17.7. The van der Waals surface area contributed by atoms with E-state index >= 15 is 0 Å². The van der Waals surface area contributed by atoms with Crippen LogP contribution in [-0.2, 0) is 24.8 Å². The van der Waals surface area contributed by atoms with E-state index < -0.39 is 6.04 Å². The Labute approximate surface area is 265 Å². The smallest absolute Gasteiger partial charge is 0.239 e. The summed E-state index contributed by atoms with van der Waals surface area (Å²) < 4.78 is 22.1. The van der Waals surface area contributed by atoms with Gasteiger partial charge in [-0.3, -0.25) is 14.4 Å². The second-order valence-corrected chi connectivity index (χ2v) is 12.6. The quantitative estimate of drug-likeness (QED) is 0.348. The third-order valence-corrected chi connectivity index (χ3v) is 9.64. The summed E-state index contributed by atoms with van der Waals surface area (Å²) in [5.41, 5.74) is 12.9. The first-order valence-electron chi connectivity index (χ1n) is 15.8. The first-order chi connectivity index (χ1) is 21.2. The molecule has 0 aliphatic carbocycles. The van der Waals surface area contributed by atoms with Gasteiger partial charge in [0.1, 0.15) is 11.6 Å². The van der Waals surface area contributed by atoms with Crippen LogP contribution < -0.4 is 10.5 Å². The lowest BCUT2D eigenvalue weighted by Gasteiger charge is -2.39. The first-order valence-corrected chi connectivity index (χ1v) is 16.2. The molecule has 10 heteroatoms. The van der Waals surface area contributed by atoms with Crippen molar-refractivity contribution in [3.8, 4) is 16.9 Å². The third-order valence-electron chi connectivity index (χ3n) is 9.41. The van der Waals surface area contributed by atoms with Gasteiger partial charge in [0.05, 0.1) is 18.3 Å². The Morgan fingerprint density at radius 1 is 1.09 bits per heavy atom. The summed E-state index contributed by atoms with van der Waals surface area (Å²) in [6.07, 6.45) is 2.70. The summed E-state index contributed by atoms with van der Waals surface area (Å²) in [5, 5.41) is 5.36. The Morgan fingerprint density at radius 3 is 2.48 bits per heavy atom. The van der Waals surface area contributed by atoms with E-state index in [0.29, 0.717) is 50.6 Å². The molecule has 44 heavy (non-hydrogen) atoms. The van der Waals surface area contributed by atoms with Crippen molar-refractivity contribution in [1.29, 1.82) is 0 Å². The average Bonchev–Trinajstić information content (AvgIpc) is 3.28. The number of hydrogen-bond donors (Lipinski definition) is 1. The Morgan fingerprint density at radius 2 is 1.82 bits per heavy atom. The Hall–Kier alpha value is -2.98. The lowest BCUT2D eigenvalue weighted by Crippen LogP contribution is -2.55. The summed E-state index contributed by atoms with van der Waals surface area (Å²) in [5.74, 6) is 0.543. The van der Waals surface area contributed by atoms with Crippen molar-refractivity contribution in [2.45, 2.75) is 52.6 Å². The van der Waals surface area contributed by atoms with Crippen LogP contribution in [0.5, 0.6) is 5.75 Å². The van der Waals surface area contributed by atoms with Gasteiger partial charge in [0, 0.05) is 68.2 Å². The number of aryl methyl sites for hydroxylation is 2. The van der Waals surface area contributed by atoms with E-state index in [1.165, 1.54) is 22.8 Å². The number of aromatic nitrogens is 2. The minimum atomic E-state index is -0.490. The molecule has 3 aromatic rings. The van der Waals surface area contributed by atoms with Gasteiger partial charge in [-0.2, -0.15) is 5.10 Å². The molecule has 1 atom stereocenters. The number of carbonyl (C=O) groups excluding carboxylic acids is 1. The summed E-state index contributed by atoms with van der Waals surface area (Å²) in [6.45, 7) is 12.3. The lowest BCUT2D eigenvalue weighted by atomic mass is 9.88. The van der Waals surface area contributed by atoms with Crippen LogP contribution in [0.1, 0.15) is 42.3 Å². The predicted octanol–water partition coefficient (Wildman–Crippen LogP) is 4.82. The summed E-state index contributed by atoms with van der Waals surface area (Å²) >= 11 is 6.42. The number of hydrogen-bond acceptors (Lipinski definition) is 6. The Bertz CT molecular complexity index is 1450. The number of carbonyl (C=O) groups is 1. The van der Waals surface area contributed by atoms with Crippen LogP contribution >= 0.6 is 11.6 Å². The van der Waals surface area contributed by atoms with Gasteiger partial charge in [0.2, 0.25) is 5.91 Å². The molecule has 238 valence electrons. The molecule has 0 unspecified atom stereocenters. The summed E-state index contributed by atoms with van der Waals surface area (Å²) in [7, 11) is 1.98. The zero-order chi connectivity index (χ0) is 31.4. The molecule has 2 saturated heterocycles. The molecular formula is C34H46ClFN6O2. The van der Waals surface area contributed by atoms with Crippen molar-refractivity contribution in [1.82, 2.24) is 24.5 Å². The molecule has 1 aromatic heterocycles. The Kier molecular flexibility index (Phi) is 10.6. The Balaban J connectivity index is 1.10. The van der Waals surface area contributed by atoms with Gasteiger partial charge in [-0.25, -0.2) is 4.39 Å². The second-order valence-electron chi connectivity index (χ2n) is 12.2. The summed E-state index contributed by atoms with van der Waals surface area (Å²) in [4.78, 5) is 19.9. The van der Waals surface area contributed by atoms with Crippen LogP contribution in [0, 0.1) is 25.6 Å². The molecule has 0 bridgehead atoms. The number of benzene rings is 2. The van der Waals surface area contributed by atoms with Crippen molar-refractivity contribution in [3.05, 3.63) is 69.8 Å². The molecule has 0 saturated carbocycles. The molecule has 2 aromatic carbocycles. The number of likely N-dealkylation sites (tertiary alicyclic amines) is 1. The van der Waals surface area contributed by atoms with Gasteiger partial charge < -0.3 is 20.3 Å². The van der Waals surface area contributed by atoms with E-state index in [1.807, 2.05) is 35.7 Å². The van der Waals surface area contributed by atoms with Crippen molar-refractivity contribution in [2.75, 3.05) is 52.4 Å². The van der Waals surface area contributed by atoms with Crippen molar-refractivity contribution in [2.24, 2.45) is 18.7 Å². The maximum absolute atomic E-state index is 14.5. The van der Waals surface area contributed by atoms with Crippen LogP contribution in [0.2, 0.25) is 5.02 Å². The fraction of sp³-hybridized carbons (Fsp3) is 0.529. The van der Waals surface area contributed by atoms with E-state index in [2.05, 4.69) is 40.9 Å². The second kappa shape index (κ2) is 14.4. The zero-order valence-electron chi connectivity index (χ0n) is 26.5. The lowest BCUT2D eigenvalue weighted by molar-refractivity contribution is -0.136. The minimum absolute atomic E-state index is 0.0368. The van der Waals surface area contributed by atoms with Crippen molar-refractivity contribution in [3.63, 3.8) is 0 Å². The van der Waals surface area contributed by atoms with E-state index in [9.17, 15) is 9.18 Å². The molecule has 2 aliphatic heterocycles. The van der Waals surface area contributed by atoms with Gasteiger partial charge >= 0.3 is 0 Å². The maximum atomic E-state index is 14.5. The molecule has 2 N–H and O–H groups in total. The number of amides is 1. The zero-order valence-corrected chi connectivity index (χ0v) is 27.2. The van der Waals surface area contributed by atoms with Crippen LogP contribution in [0.3, 0.4) is 0 Å². The molecule has 2 fully saturated rings. The van der Waals surface area contributed by atoms with Crippen molar-refractivity contribution >= 4 is 17.5 Å². The van der Waals surface area contributed by atoms with Gasteiger partial charge in [-0.15, -0.1) is 0 Å². The molecule has 1 amide bonds. The number of ether oxygens (including phenoxy) is 1. The molecule has 0 spiro atoms. The van der Waals surface area contributed by atoms with Gasteiger partial charge in [0.15, 0.2) is 0 Å². The fourth-order valence-corrected chi connectivity index (χ4v) is 6.93. The van der Waals surface area contributed by atoms with E-state index in [4.69, 9.17) is 22.1 Å². The molecule has 8 nitrogen and oxygen atoms in total. The summed E-state index contributed by atoms with van der Waals surface area (Å²) in [6, 6.07) is 10.6. The van der Waals surface area contributed by atoms with Crippen LogP contribution in [0.4, 0.5) is 4.39 Å². The monoisotopic (exact) mass is 624 g/mol. The van der Waals surface area contributed by atoms with E-state index in [1.54, 1.807) is 6.07 Å². The predicted molar refractivity (Wildman–Crippen MR) is 173 cm³/mol. The van der Waals surface area contributed by atoms with E-state index in [0.717, 1.165) is 55.3 Å². The standard InChI is InChI=1S/C34H46ClFN6O2/c1-5-44-31-8-6-7-30(36)29(31)22-41-17-19-42(20-18-41)34(43)33(37)25-11-14-40(15-12-25)16-13-26-21-27(35)9-10-28(26)32-23(2)38-39(4)24(32)3/h6-10,21,25,33H,5,11-20,22,37H2,1-4H3/t33-/m1/s1. The van der Waals surface area contributed by atoms with Gasteiger partial charge in [-0.1, -0.05) is 23.7 Å². The topological polar surface area (TPSA) is 79.9 Å². The van der Waals surface area contributed by atoms with Crippen LogP contribution in [0.15, 0.2) is 36.4 Å². The number of rotatable bonds is 10. The van der Waals surface area contributed by atoms with Gasteiger partial charge in [-0.05, 0) is 94.4 Å². The number of piperazine rings is 1. The number of halogens is 2. The molecule has 2 aliphatic rings. The van der Waals surface area contributed by atoms with E-state index in [-0.39, 0.29) is 17.6 Å². The minimum Gasteiger partial charge on any atom is -0.493 e. The van der Waals surface area contributed by atoms with Crippen LogP contribution in [0.25, 0.3) is 11.1 Å². The number of nitrogens with two attached hydrogens (primary N) is 1. The highest BCUT2D eigenvalue weighted by molar-refractivity contribution is 6.30. The molecule has 3 heterocycles. The molecule has 0 radical (unpaired) electrons. The van der Waals surface area contributed by atoms with Crippen LogP contribution in [-0.4, -0.2) is 88.8 Å².